The van der Waals surface area contributed by atoms with E-state index in [-0.39, 0.29) is 11.8 Å². The minimum absolute atomic E-state index is 0.0701. The first kappa shape index (κ1) is 21.1. The summed E-state index contributed by atoms with van der Waals surface area (Å²) in [7, 11) is 3.43. The summed E-state index contributed by atoms with van der Waals surface area (Å²) in [5.41, 5.74) is 1.79. The third kappa shape index (κ3) is 6.45. The molecule has 1 aromatic carbocycles. The fourth-order valence-electron chi connectivity index (χ4n) is 3.49. The summed E-state index contributed by atoms with van der Waals surface area (Å²) in [6, 6.07) is 8.10. The van der Waals surface area contributed by atoms with Crippen molar-refractivity contribution in [2.24, 2.45) is 4.99 Å². The first-order valence-electron chi connectivity index (χ1n) is 10.4. The van der Waals surface area contributed by atoms with E-state index in [0.29, 0.717) is 18.2 Å². The van der Waals surface area contributed by atoms with Crippen molar-refractivity contribution < 1.29 is 9.59 Å². The van der Waals surface area contributed by atoms with Crippen LogP contribution in [0.5, 0.6) is 0 Å². The Bertz CT molecular complexity index is 738. The first-order valence-corrected chi connectivity index (χ1v) is 10.4. The molecule has 2 fully saturated rings. The average Bonchev–Trinajstić information content (AvgIpc) is 3.55. The fraction of sp³-hybridized carbons (Fsp3) is 0.571. The Morgan fingerprint density at radius 1 is 1.17 bits per heavy atom. The number of amides is 2. The fourth-order valence-corrected chi connectivity index (χ4v) is 3.49. The van der Waals surface area contributed by atoms with Crippen molar-refractivity contribution in [3.8, 4) is 0 Å². The molecule has 1 heterocycles. The van der Waals surface area contributed by atoms with E-state index in [4.69, 9.17) is 0 Å². The van der Waals surface area contributed by atoms with Crippen LogP contribution < -0.4 is 16.0 Å². The second-order valence-electron chi connectivity index (χ2n) is 7.61. The molecule has 8 nitrogen and oxygen atoms in total. The van der Waals surface area contributed by atoms with Crippen LogP contribution in [0.3, 0.4) is 0 Å². The summed E-state index contributed by atoms with van der Waals surface area (Å²) in [5.74, 6) is 0.955. The molecule has 0 aromatic heterocycles. The predicted molar refractivity (Wildman–Crippen MR) is 114 cm³/mol. The number of piperazine rings is 1. The third-order valence-electron chi connectivity index (χ3n) is 5.31. The molecule has 0 radical (unpaired) electrons. The standard InChI is InChI=1S/C21H32N6O2/c1-22-20(29)17-5-3-4-16(14-17)8-9-24-21(23-2)27-12-10-26(11-13-27)15-19(28)25-18-6-7-18/h3-5,14,18H,6-13,15H2,1-2H3,(H,22,29)(H,23,24)(H,25,28). The van der Waals surface area contributed by atoms with Crippen LogP contribution in [0.4, 0.5) is 0 Å². The van der Waals surface area contributed by atoms with E-state index in [1.165, 1.54) is 0 Å². The molecule has 158 valence electrons. The highest BCUT2D eigenvalue weighted by Crippen LogP contribution is 2.18. The van der Waals surface area contributed by atoms with Crippen molar-refractivity contribution >= 4 is 17.8 Å². The van der Waals surface area contributed by atoms with Crippen molar-refractivity contribution in [3.05, 3.63) is 35.4 Å². The number of rotatable bonds is 7. The maximum atomic E-state index is 12.0. The van der Waals surface area contributed by atoms with Gasteiger partial charge >= 0.3 is 0 Å². The minimum atomic E-state index is -0.0701. The van der Waals surface area contributed by atoms with E-state index in [1.54, 1.807) is 14.1 Å². The second kappa shape index (κ2) is 10.2. The third-order valence-corrected chi connectivity index (χ3v) is 5.31. The van der Waals surface area contributed by atoms with Gasteiger partial charge in [0, 0.05) is 58.4 Å². The van der Waals surface area contributed by atoms with Gasteiger partial charge in [0.1, 0.15) is 0 Å². The topological polar surface area (TPSA) is 89.1 Å². The monoisotopic (exact) mass is 400 g/mol. The first-order chi connectivity index (χ1) is 14.1. The number of benzene rings is 1. The largest absolute Gasteiger partial charge is 0.356 e. The maximum absolute atomic E-state index is 12.0. The van der Waals surface area contributed by atoms with Gasteiger partial charge in [-0.2, -0.15) is 0 Å². The zero-order valence-electron chi connectivity index (χ0n) is 17.4. The lowest BCUT2D eigenvalue weighted by Crippen LogP contribution is -2.54. The maximum Gasteiger partial charge on any atom is 0.251 e. The smallest absolute Gasteiger partial charge is 0.251 e. The van der Waals surface area contributed by atoms with Crippen molar-refractivity contribution in [1.82, 2.24) is 25.8 Å². The second-order valence-corrected chi connectivity index (χ2v) is 7.61. The Morgan fingerprint density at radius 3 is 2.59 bits per heavy atom. The molecule has 1 aromatic rings. The van der Waals surface area contributed by atoms with Crippen molar-refractivity contribution in [2.75, 3.05) is 53.4 Å². The molecule has 29 heavy (non-hydrogen) atoms. The highest BCUT2D eigenvalue weighted by molar-refractivity contribution is 5.94. The van der Waals surface area contributed by atoms with Crippen LogP contribution in [0.1, 0.15) is 28.8 Å². The molecule has 3 N–H and O–H groups in total. The van der Waals surface area contributed by atoms with E-state index >= 15 is 0 Å². The predicted octanol–water partition coefficient (Wildman–Crippen LogP) is 0.0603. The molecule has 8 heteroatoms. The molecular formula is C21H32N6O2. The van der Waals surface area contributed by atoms with Gasteiger partial charge in [0.15, 0.2) is 5.96 Å². The zero-order valence-corrected chi connectivity index (χ0v) is 17.4. The highest BCUT2D eigenvalue weighted by Gasteiger charge is 2.25. The Morgan fingerprint density at radius 2 is 1.93 bits per heavy atom. The van der Waals surface area contributed by atoms with Crippen LogP contribution in [0, 0.1) is 0 Å². The van der Waals surface area contributed by atoms with Gasteiger partial charge in [0.25, 0.3) is 5.91 Å². The molecule has 2 aliphatic rings. The van der Waals surface area contributed by atoms with Crippen molar-refractivity contribution in [2.45, 2.75) is 25.3 Å². The molecule has 1 saturated carbocycles. The summed E-state index contributed by atoms with van der Waals surface area (Å²) < 4.78 is 0. The Hall–Kier alpha value is -2.61. The number of guanidine groups is 1. The van der Waals surface area contributed by atoms with Crippen LogP contribution in [0.2, 0.25) is 0 Å². The summed E-state index contributed by atoms with van der Waals surface area (Å²) in [6.45, 7) is 4.64. The van der Waals surface area contributed by atoms with Crippen molar-refractivity contribution in [1.29, 1.82) is 0 Å². The Balaban J connectivity index is 1.40. The van der Waals surface area contributed by atoms with Gasteiger partial charge < -0.3 is 20.9 Å². The summed E-state index contributed by atoms with van der Waals surface area (Å²) in [4.78, 5) is 32.6. The van der Waals surface area contributed by atoms with Gasteiger partial charge in [-0.1, -0.05) is 12.1 Å². The molecule has 0 spiro atoms. The van der Waals surface area contributed by atoms with Gasteiger partial charge in [0.05, 0.1) is 6.54 Å². The van der Waals surface area contributed by atoms with E-state index in [9.17, 15) is 9.59 Å². The lowest BCUT2D eigenvalue weighted by molar-refractivity contribution is -0.122. The van der Waals surface area contributed by atoms with Crippen LogP contribution in [0.25, 0.3) is 0 Å². The molecule has 1 aliphatic carbocycles. The SMILES string of the molecule is CN=C(NCCc1cccc(C(=O)NC)c1)N1CCN(CC(=O)NC2CC2)CC1. The van der Waals surface area contributed by atoms with Crippen molar-refractivity contribution in [3.63, 3.8) is 0 Å². The quantitative estimate of drug-likeness (QED) is 0.445. The van der Waals surface area contributed by atoms with E-state index < -0.39 is 0 Å². The van der Waals surface area contributed by atoms with E-state index in [2.05, 4.69) is 30.7 Å². The molecule has 0 bridgehead atoms. The lowest BCUT2D eigenvalue weighted by Gasteiger charge is -2.36. The van der Waals surface area contributed by atoms with Crippen LogP contribution >= 0.6 is 0 Å². The van der Waals surface area contributed by atoms with Gasteiger partial charge in [-0.15, -0.1) is 0 Å². The number of carbonyl (C=O) groups is 2. The molecule has 0 atom stereocenters. The zero-order chi connectivity index (χ0) is 20.6. The average molecular weight is 401 g/mol. The van der Waals surface area contributed by atoms with Gasteiger partial charge in [0.2, 0.25) is 5.91 Å². The normalized spacial score (nSPS) is 17.7. The molecule has 1 saturated heterocycles. The lowest BCUT2D eigenvalue weighted by atomic mass is 10.1. The van der Waals surface area contributed by atoms with Crippen LogP contribution in [-0.2, 0) is 11.2 Å². The molecule has 1 aliphatic heterocycles. The molecule has 0 unspecified atom stereocenters. The Kier molecular flexibility index (Phi) is 7.46. The number of hydrogen-bond donors (Lipinski definition) is 3. The number of hydrogen-bond acceptors (Lipinski definition) is 4. The van der Waals surface area contributed by atoms with Gasteiger partial charge in [-0.25, -0.2) is 0 Å². The molecule has 3 rings (SSSR count). The summed E-state index contributed by atoms with van der Waals surface area (Å²) in [6.07, 6.45) is 3.06. The summed E-state index contributed by atoms with van der Waals surface area (Å²) in [5, 5.41) is 9.12. The summed E-state index contributed by atoms with van der Waals surface area (Å²) >= 11 is 0. The van der Waals surface area contributed by atoms with Crippen LogP contribution in [0.15, 0.2) is 29.3 Å². The van der Waals surface area contributed by atoms with Gasteiger partial charge in [-0.05, 0) is 37.0 Å². The number of carbonyl (C=O) groups excluding carboxylic acids is 2. The number of nitrogens with zero attached hydrogens (tertiary/aromatic N) is 3. The highest BCUT2D eigenvalue weighted by atomic mass is 16.2. The number of nitrogens with one attached hydrogen (secondary N) is 3. The van der Waals surface area contributed by atoms with E-state index in [0.717, 1.165) is 63.5 Å². The van der Waals surface area contributed by atoms with E-state index in [1.807, 2.05) is 24.3 Å². The molecule has 2 amide bonds. The Labute approximate surface area is 172 Å². The number of aliphatic imine (C=N–C) groups is 1. The van der Waals surface area contributed by atoms with Crippen LogP contribution in [-0.4, -0.2) is 87.0 Å². The minimum Gasteiger partial charge on any atom is -0.356 e. The molecular weight excluding hydrogens is 368 g/mol. The van der Waals surface area contributed by atoms with Gasteiger partial charge in [-0.3, -0.25) is 19.5 Å².